The number of nitrogens with zero attached hydrogens (tertiary/aromatic N) is 3. The first-order valence-electron chi connectivity index (χ1n) is 9.32. The fraction of sp³-hybridized carbons (Fsp3) is 0.174. The summed E-state index contributed by atoms with van der Waals surface area (Å²) in [5.41, 5.74) is 4.04. The summed E-state index contributed by atoms with van der Waals surface area (Å²) in [6.07, 6.45) is 4.43. The first-order valence-corrected chi connectivity index (χ1v) is 9.69. The van der Waals surface area contributed by atoms with Crippen LogP contribution in [0.4, 0.5) is 5.69 Å². The number of rotatable bonds is 4. The van der Waals surface area contributed by atoms with Gasteiger partial charge in [0.15, 0.2) is 5.75 Å². The van der Waals surface area contributed by atoms with Crippen LogP contribution in [0.25, 0.3) is 11.1 Å². The second-order valence-electron chi connectivity index (χ2n) is 6.74. The average Bonchev–Trinajstić information content (AvgIpc) is 2.78. The molecule has 1 aliphatic heterocycles. The highest BCUT2D eigenvalue weighted by Crippen LogP contribution is 2.40. The van der Waals surface area contributed by atoms with Gasteiger partial charge >= 0.3 is 0 Å². The van der Waals surface area contributed by atoms with Gasteiger partial charge in [-0.15, -0.1) is 0 Å². The SMILES string of the molecule is N#Cc1ccc(-c2cncc3c2OCCN3C(=O)CCc2ccc(Cl)cc2)cc1. The molecule has 0 N–H and O–H groups in total. The third-order valence-electron chi connectivity index (χ3n) is 4.90. The second kappa shape index (κ2) is 8.34. The van der Waals surface area contributed by atoms with E-state index < -0.39 is 0 Å². The van der Waals surface area contributed by atoms with E-state index in [0.29, 0.717) is 48.0 Å². The summed E-state index contributed by atoms with van der Waals surface area (Å²) in [6.45, 7) is 0.915. The number of aromatic nitrogens is 1. The lowest BCUT2D eigenvalue weighted by Crippen LogP contribution is -2.38. The Hall–Kier alpha value is -3.36. The summed E-state index contributed by atoms with van der Waals surface area (Å²) in [7, 11) is 0. The Morgan fingerprint density at radius 2 is 1.90 bits per heavy atom. The molecular weight excluding hydrogens is 386 g/mol. The second-order valence-corrected chi connectivity index (χ2v) is 7.18. The van der Waals surface area contributed by atoms with E-state index in [1.54, 1.807) is 29.4 Å². The van der Waals surface area contributed by atoms with Gasteiger partial charge in [-0.2, -0.15) is 5.26 Å². The average molecular weight is 404 g/mol. The van der Waals surface area contributed by atoms with Crippen LogP contribution in [0, 0.1) is 11.3 Å². The number of hydrogen-bond acceptors (Lipinski definition) is 4. The number of pyridine rings is 1. The number of nitriles is 1. The molecule has 2 heterocycles. The molecule has 0 bridgehead atoms. The van der Waals surface area contributed by atoms with Crippen molar-refractivity contribution >= 4 is 23.2 Å². The van der Waals surface area contributed by atoms with Gasteiger partial charge in [-0.25, -0.2) is 0 Å². The molecule has 1 aliphatic rings. The largest absolute Gasteiger partial charge is 0.489 e. The van der Waals surface area contributed by atoms with E-state index in [1.807, 2.05) is 36.4 Å². The summed E-state index contributed by atoms with van der Waals surface area (Å²) in [4.78, 5) is 19.0. The molecule has 29 heavy (non-hydrogen) atoms. The minimum atomic E-state index is 0.0308. The van der Waals surface area contributed by atoms with Gasteiger partial charge in [0, 0.05) is 23.2 Å². The molecular formula is C23H18ClN3O2. The fourth-order valence-corrected chi connectivity index (χ4v) is 3.49. The van der Waals surface area contributed by atoms with E-state index in [-0.39, 0.29) is 5.91 Å². The van der Waals surface area contributed by atoms with Gasteiger partial charge in [0.2, 0.25) is 5.91 Å². The summed E-state index contributed by atoms with van der Waals surface area (Å²) >= 11 is 5.92. The standard InChI is InChI=1S/C23H18ClN3O2/c24-19-8-3-16(4-9-19)5-10-22(28)27-11-12-29-23-20(14-26-15-21(23)27)18-6-1-17(13-25)2-7-18/h1-4,6-9,14-15H,5,10-12H2. The molecule has 0 saturated carbocycles. The van der Waals surface area contributed by atoms with Crippen LogP contribution in [0.1, 0.15) is 17.5 Å². The number of aryl methyl sites for hydroxylation is 1. The van der Waals surface area contributed by atoms with Crippen LogP contribution in [0.3, 0.4) is 0 Å². The van der Waals surface area contributed by atoms with E-state index in [4.69, 9.17) is 21.6 Å². The lowest BCUT2D eigenvalue weighted by atomic mass is 10.0. The predicted molar refractivity (Wildman–Crippen MR) is 112 cm³/mol. The molecule has 0 radical (unpaired) electrons. The Morgan fingerprint density at radius 3 is 2.62 bits per heavy atom. The van der Waals surface area contributed by atoms with E-state index in [9.17, 15) is 4.79 Å². The van der Waals surface area contributed by atoms with Crippen LogP contribution in [0.2, 0.25) is 5.02 Å². The van der Waals surface area contributed by atoms with Crippen LogP contribution >= 0.6 is 11.6 Å². The maximum absolute atomic E-state index is 12.9. The topological polar surface area (TPSA) is 66.2 Å². The number of benzene rings is 2. The Kier molecular flexibility index (Phi) is 5.46. The minimum absolute atomic E-state index is 0.0308. The normalized spacial score (nSPS) is 12.6. The van der Waals surface area contributed by atoms with Gasteiger partial charge in [-0.05, 0) is 41.8 Å². The van der Waals surface area contributed by atoms with Crippen LogP contribution < -0.4 is 9.64 Å². The molecule has 4 rings (SSSR count). The number of carbonyl (C=O) groups excluding carboxylic acids is 1. The maximum Gasteiger partial charge on any atom is 0.227 e. The molecule has 2 aromatic carbocycles. The quantitative estimate of drug-likeness (QED) is 0.636. The number of ether oxygens (including phenoxy) is 1. The highest BCUT2D eigenvalue weighted by molar-refractivity contribution is 6.30. The van der Waals surface area contributed by atoms with Crippen molar-refractivity contribution in [1.82, 2.24) is 4.98 Å². The summed E-state index contributed by atoms with van der Waals surface area (Å²) in [5.74, 6) is 0.680. The van der Waals surface area contributed by atoms with Crippen molar-refractivity contribution in [1.29, 1.82) is 5.26 Å². The van der Waals surface area contributed by atoms with E-state index >= 15 is 0 Å². The Labute approximate surface area is 174 Å². The van der Waals surface area contributed by atoms with Crippen molar-refractivity contribution in [2.75, 3.05) is 18.1 Å². The monoisotopic (exact) mass is 403 g/mol. The van der Waals surface area contributed by atoms with Crippen molar-refractivity contribution < 1.29 is 9.53 Å². The smallest absolute Gasteiger partial charge is 0.227 e. The molecule has 6 heteroatoms. The minimum Gasteiger partial charge on any atom is -0.489 e. The molecule has 144 valence electrons. The van der Waals surface area contributed by atoms with E-state index in [1.165, 1.54) is 0 Å². The first kappa shape index (κ1) is 19.0. The molecule has 1 amide bonds. The number of halogens is 1. The van der Waals surface area contributed by atoms with E-state index in [2.05, 4.69) is 11.1 Å². The molecule has 3 aromatic rings. The molecule has 0 aliphatic carbocycles. The zero-order valence-electron chi connectivity index (χ0n) is 15.6. The van der Waals surface area contributed by atoms with Crippen molar-refractivity contribution in [3.05, 3.63) is 77.1 Å². The Balaban J connectivity index is 1.57. The molecule has 1 aromatic heterocycles. The number of fused-ring (bicyclic) bond motifs is 1. The van der Waals surface area contributed by atoms with Crippen molar-refractivity contribution in [2.24, 2.45) is 0 Å². The van der Waals surface area contributed by atoms with Gasteiger partial charge in [-0.3, -0.25) is 9.78 Å². The zero-order chi connectivity index (χ0) is 20.2. The first-order chi connectivity index (χ1) is 14.2. The van der Waals surface area contributed by atoms with Crippen LogP contribution in [-0.2, 0) is 11.2 Å². The zero-order valence-corrected chi connectivity index (χ0v) is 16.4. The highest BCUT2D eigenvalue weighted by atomic mass is 35.5. The number of carbonyl (C=O) groups is 1. The fourth-order valence-electron chi connectivity index (χ4n) is 3.37. The van der Waals surface area contributed by atoms with Gasteiger partial charge < -0.3 is 9.64 Å². The van der Waals surface area contributed by atoms with Gasteiger partial charge in [0.05, 0.1) is 24.4 Å². The molecule has 0 fully saturated rings. The van der Waals surface area contributed by atoms with Crippen molar-refractivity contribution in [3.63, 3.8) is 0 Å². The van der Waals surface area contributed by atoms with Gasteiger partial charge in [-0.1, -0.05) is 35.9 Å². The third-order valence-corrected chi connectivity index (χ3v) is 5.15. The Morgan fingerprint density at radius 1 is 1.14 bits per heavy atom. The van der Waals surface area contributed by atoms with Crippen molar-refractivity contribution in [3.8, 4) is 22.9 Å². The lowest BCUT2D eigenvalue weighted by molar-refractivity contribution is -0.118. The van der Waals surface area contributed by atoms with Gasteiger partial charge in [0.25, 0.3) is 0 Å². The molecule has 0 spiro atoms. The summed E-state index contributed by atoms with van der Waals surface area (Å²) < 4.78 is 5.91. The summed E-state index contributed by atoms with van der Waals surface area (Å²) in [6, 6.07) is 16.9. The lowest BCUT2D eigenvalue weighted by Gasteiger charge is -2.30. The van der Waals surface area contributed by atoms with Gasteiger partial charge in [0.1, 0.15) is 12.3 Å². The number of anilines is 1. The predicted octanol–water partition coefficient (Wildman–Crippen LogP) is 4.63. The maximum atomic E-state index is 12.9. The number of amides is 1. The summed E-state index contributed by atoms with van der Waals surface area (Å²) in [5, 5.41) is 9.68. The number of hydrogen-bond donors (Lipinski definition) is 0. The third kappa shape index (κ3) is 4.08. The highest BCUT2D eigenvalue weighted by Gasteiger charge is 2.26. The molecule has 0 unspecified atom stereocenters. The van der Waals surface area contributed by atoms with E-state index in [0.717, 1.165) is 16.7 Å². The van der Waals surface area contributed by atoms with Crippen LogP contribution in [0.5, 0.6) is 5.75 Å². The Bertz CT molecular complexity index is 1070. The van der Waals surface area contributed by atoms with Crippen molar-refractivity contribution in [2.45, 2.75) is 12.8 Å². The molecule has 5 nitrogen and oxygen atoms in total. The molecule has 0 atom stereocenters. The van der Waals surface area contributed by atoms with Crippen LogP contribution in [-0.4, -0.2) is 24.0 Å². The van der Waals surface area contributed by atoms with Crippen LogP contribution in [0.15, 0.2) is 60.9 Å². The molecule has 0 saturated heterocycles.